The molecule has 0 saturated heterocycles. The largest absolute Gasteiger partial charge is 0.241 e. The molecule has 0 bridgehead atoms. The number of alkyl halides is 1. The van der Waals surface area contributed by atoms with E-state index in [0.717, 1.165) is 6.07 Å². The molecule has 0 fully saturated rings. The standard InChI is InChI=1S/C11H15ClFNO2S/c1-8-6-9(13)4-5-10(8)17(15,16)14-11(2,3)7-12/h4-6,14H,7H2,1-3H3. The predicted molar refractivity (Wildman–Crippen MR) is 66.3 cm³/mol. The van der Waals surface area contributed by atoms with Gasteiger partial charge in [0.1, 0.15) is 5.82 Å². The molecule has 0 aliphatic heterocycles. The Morgan fingerprint density at radius 1 is 1.41 bits per heavy atom. The number of rotatable bonds is 4. The molecule has 17 heavy (non-hydrogen) atoms. The quantitative estimate of drug-likeness (QED) is 0.861. The van der Waals surface area contributed by atoms with Crippen LogP contribution in [0.5, 0.6) is 0 Å². The van der Waals surface area contributed by atoms with Crippen molar-refractivity contribution in [1.82, 2.24) is 4.72 Å². The lowest BCUT2D eigenvalue weighted by Crippen LogP contribution is -2.44. The Labute approximate surface area is 106 Å². The third kappa shape index (κ3) is 3.66. The Hall–Kier alpha value is -0.650. The van der Waals surface area contributed by atoms with Crippen LogP contribution in [0.3, 0.4) is 0 Å². The second-order valence-corrected chi connectivity index (χ2v) is 6.45. The van der Waals surface area contributed by atoms with Gasteiger partial charge in [-0.05, 0) is 44.5 Å². The highest BCUT2D eigenvalue weighted by Crippen LogP contribution is 2.18. The SMILES string of the molecule is Cc1cc(F)ccc1S(=O)(=O)NC(C)(C)CCl. The minimum atomic E-state index is -3.68. The van der Waals surface area contributed by atoms with Gasteiger partial charge >= 0.3 is 0 Å². The molecular formula is C11H15ClFNO2S. The summed E-state index contributed by atoms with van der Waals surface area (Å²) >= 11 is 5.66. The first kappa shape index (κ1) is 14.4. The van der Waals surface area contributed by atoms with E-state index in [9.17, 15) is 12.8 Å². The Kier molecular flexibility index (Phi) is 4.17. The Bertz CT molecular complexity index is 514. The third-order valence-electron chi connectivity index (χ3n) is 2.17. The number of sulfonamides is 1. The van der Waals surface area contributed by atoms with Gasteiger partial charge in [-0.2, -0.15) is 0 Å². The van der Waals surface area contributed by atoms with Crippen molar-refractivity contribution in [2.45, 2.75) is 31.2 Å². The van der Waals surface area contributed by atoms with E-state index >= 15 is 0 Å². The summed E-state index contributed by atoms with van der Waals surface area (Å²) in [5.74, 6) is -0.315. The molecule has 0 atom stereocenters. The molecular weight excluding hydrogens is 265 g/mol. The minimum Gasteiger partial charge on any atom is -0.207 e. The van der Waals surface area contributed by atoms with Gasteiger partial charge in [-0.25, -0.2) is 17.5 Å². The van der Waals surface area contributed by atoms with E-state index < -0.39 is 21.4 Å². The molecule has 0 saturated carbocycles. The first-order valence-electron chi connectivity index (χ1n) is 5.04. The van der Waals surface area contributed by atoms with Gasteiger partial charge in [-0.3, -0.25) is 0 Å². The van der Waals surface area contributed by atoms with Gasteiger partial charge in [0.15, 0.2) is 0 Å². The van der Waals surface area contributed by atoms with E-state index in [1.807, 2.05) is 0 Å². The molecule has 1 aromatic carbocycles. The highest BCUT2D eigenvalue weighted by atomic mass is 35.5. The summed E-state index contributed by atoms with van der Waals surface area (Å²) in [5, 5.41) is 0. The Morgan fingerprint density at radius 2 is 2.00 bits per heavy atom. The fourth-order valence-corrected chi connectivity index (χ4v) is 3.15. The molecule has 1 aromatic rings. The van der Waals surface area contributed by atoms with Crippen LogP contribution in [0.2, 0.25) is 0 Å². The van der Waals surface area contributed by atoms with Gasteiger partial charge < -0.3 is 0 Å². The van der Waals surface area contributed by atoms with Crippen molar-refractivity contribution in [3.8, 4) is 0 Å². The van der Waals surface area contributed by atoms with Crippen molar-refractivity contribution in [1.29, 1.82) is 0 Å². The Balaban J connectivity index is 3.14. The summed E-state index contributed by atoms with van der Waals surface area (Å²) in [6, 6.07) is 3.55. The summed E-state index contributed by atoms with van der Waals surface area (Å²) in [6.45, 7) is 4.90. The smallest absolute Gasteiger partial charge is 0.207 e. The zero-order chi connectivity index (χ0) is 13.3. The fraction of sp³-hybridized carbons (Fsp3) is 0.455. The van der Waals surface area contributed by atoms with Gasteiger partial charge in [-0.1, -0.05) is 0 Å². The number of halogens is 2. The average molecular weight is 280 g/mol. The number of benzene rings is 1. The van der Waals surface area contributed by atoms with Crippen LogP contribution in [0.4, 0.5) is 4.39 Å². The normalized spacial score (nSPS) is 12.8. The van der Waals surface area contributed by atoms with Crippen molar-refractivity contribution in [3.63, 3.8) is 0 Å². The monoisotopic (exact) mass is 279 g/mol. The van der Waals surface area contributed by atoms with Crippen LogP contribution < -0.4 is 4.72 Å². The number of nitrogens with one attached hydrogen (secondary N) is 1. The number of aryl methyl sites for hydroxylation is 1. The van der Waals surface area contributed by atoms with Crippen LogP contribution in [0, 0.1) is 12.7 Å². The summed E-state index contributed by atoms with van der Waals surface area (Å²) in [4.78, 5) is 0.0668. The second kappa shape index (κ2) is 4.92. The molecule has 0 unspecified atom stereocenters. The first-order chi connectivity index (χ1) is 7.68. The molecule has 1 N–H and O–H groups in total. The summed E-state index contributed by atoms with van der Waals surface area (Å²) < 4.78 is 39.5. The first-order valence-corrected chi connectivity index (χ1v) is 7.06. The molecule has 96 valence electrons. The van der Waals surface area contributed by atoms with E-state index in [1.54, 1.807) is 20.8 Å². The maximum absolute atomic E-state index is 12.9. The third-order valence-corrected chi connectivity index (χ3v) is 4.70. The van der Waals surface area contributed by atoms with Crippen LogP contribution in [-0.2, 0) is 10.0 Å². The van der Waals surface area contributed by atoms with Crippen LogP contribution in [0.1, 0.15) is 19.4 Å². The van der Waals surface area contributed by atoms with Crippen LogP contribution >= 0.6 is 11.6 Å². The van der Waals surface area contributed by atoms with E-state index in [1.165, 1.54) is 12.1 Å². The lowest BCUT2D eigenvalue weighted by molar-refractivity contribution is 0.495. The maximum atomic E-state index is 12.9. The van der Waals surface area contributed by atoms with Gasteiger partial charge in [-0.15, -0.1) is 11.6 Å². The van der Waals surface area contributed by atoms with E-state index in [0.29, 0.717) is 5.56 Å². The van der Waals surface area contributed by atoms with Gasteiger partial charge in [0.25, 0.3) is 0 Å². The number of hydrogen-bond donors (Lipinski definition) is 1. The molecule has 1 rings (SSSR count). The minimum absolute atomic E-state index is 0.0668. The van der Waals surface area contributed by atoms with Gasteiger partial charge in [0.2, 0.25) is 10.0 Å². The van der Waals surface area contributed by atoms with Crippen molar-refractivity contribution in [2.75, 3.05) is 5.88 Å². The predicted octanol–water partition coefficient (Wildman–Crippen LogP) is 2.43. The van der Waals surface area contributed by atoms with Crippen LogP contribution in [-0.4, -0.2) is 19.8 Å². The van der Waals surface area contributed by atoms with Crippen LogP contribution in [0.15, 0.2) is 23.1 Å². The molecule has 0 aliphatic carbocycles. The highest BCUT2D eigenvalue weighted by Gasteiger charge is 2.26. The highest BCUT2D eigenvalue weighted by molar-refractivity contribution is 7.89. The fourth-order valence-electron chi connectivity index (χ4n) is 1.36. The van der Waals surface area contributed by atoms with Crippen molar-refractivity contribution < 1.29 is 12.8 Å². The second-order valence-electron chi connectivity index (χ2n) is 4.53. The Morgan fingerprint density at radius 3 is 2.47 bits per heavy atom. The molecule has 0 spiro atoms. The maximum Gasteiger partial charge on any atom is 0.241 e. The zero-order valence-electron chi connectivity index (χ0n) is 9.92. The van der Waals surface area contributed by atoms with Gasteiger partial charge in [0.05, 0.1) is 4.90 Å². The lowest BCUT2D eigenvalue weighted by atomic mass is 10.1. The van der Waals surface area contributed by atoms with Gasteiger partial charge in [0, 0.05) is 11.4 Å². The molecule has 3 nitrogen and oxygen atoms in total. The summed E-state index contributed by atoms with van der Waals surface area (Å²) in [6.07, 6.45) is 0. The zero-order valence-corrected chi connectivity index (χ0v) is 11.5. The van der Waals surface area contributed by atoms with Crippen molar-refractivity contribution >= 4 is 21.6 Å². The molecule has 0 radical (unpaired) electrons. The summed E-state index contributed by atoms with van der Waals surface area (Å²) in [5.41, 5.74) is -0.385. The van der Waals surface area contributed by atoms with E-state index in [4.69, 9.17) is 11.6 Å². The molecule has 0 heterocycles. The number of hydrogen-bond acceptors (Lipinski definition) is 2. The summed E-state index contributed by atoms with van der Waals surface area (Å²) in [7, 11) is -3.68. The molecule has 0 aromatic heterocycles. The van der Waals surface area contributed by atoms with E-state index in [2.05, 4.69) is 4.72 Å². The van der Waals surface area contributed by atoms with Crippen LogP contribution in [0.25, 0.3) is 0 Å². The molecule has 6 heteroatoms. The average Bonchev–Trinajstić information content (AvgIpc) is 2.15. The molecule has 0 amide bonds. The molecule has 0 aliphatic rings. The topological polar surface area (TPSA) is 46.2 Å². The lowest BCUT2D eigenvalue weighted by Gasteiger charge is -2.23. The van der Waals surface area contributed by atoms with Crippen molar-refractivity contribution in [3.05, 3.63) is 29.6 Å². The van der Waals surface area contributed by atoms with E-state index in [-0.39, 0.29) is 10.8 Å². The van der Waals surface area contributed by atoms with Crippen molar-refractivity contribution in [2.24, 2.45) is 0 Å².